The highest BCUT2D eigenvalue weighted by molar-refractivity contribution is 5.83. The molecule has 0 aromatic heterocycles. The molecule has 0 aromatic carbocycles. The summed E-state index contributed by atoms with van der Waals surface area (Å²) in [6, 6.07) is 0. The molecule has 1 aliphatic heterocycles. The first-order valence-electron chi connectivity index (χ1n) is 9.10. The van der Waals surface area contributed by atoms with Crippen LogP contribution in [0.25, 0.3) is 0 Å². The van der Waals surface area contributed by atoms with Crippen molar-refractivity contribution in [2.75, 3.05) is 13.2 Å². The SMILES string of the molecule is CC(C)[C@H]1CC[C@H]2C(=O)C[C@H]3[C@H](C=CCCC34OCCO4)[C@H]12. The van der Waals surface area contributed by atoms with Crippen molar-refractivity contribution in [1.29, 1.82) is 0 Å². The second-order valence-corrected chi connectivity index (χ2v) is 8.00. The molecular formula is C19H28O3. The third-order valence-electron chi connectivity index (χ3n) is 6.73. The molecule has 3 nitrogen and oxygen atoms in total. The fraction of sp³-hybridized carbons (Fsp3) is 0.842. The van der Waals surface area contributed by atoms with E-state index in [2.05, 4.69) is 26.0 Å². The van der Waals surface area contributed by atoms with Crippen LogP contribution in [0.3, 0.4) is 0 Å². The van der Waals surface area contributed by atoms with Gasteiger partial charge in [0.25, 0.3) is 0 Å². The minimum absolute atomic E-state index is 0.224. The van der Waals surface area contributed by atoms with Crippen molar-refractivity contribution in [3.63, 3.8) is 0 Å². The molecule has 5 atom stereocenters. The molecule has 0 N–H and O–H groups in total. The van der Waals surface area contributed by atoms with Gasteiger partial charge in [-0.3, -0.25) is 4.79 Å². The molecule has 3 heteroatoms. The molecule has 122 valence electrons. The van der Waals surface area contributed by atoms with E-state index in [0.29, 0.717) is 49.1 Å². The minimum atomic E-state index is -0.487. The summed E-state index contributed by atoms with van der Waals surface area (Å²) >= 11 is 0. The summed E-state index contributed by atoms with van der Waals surface area (Å²) in [6.45, 7) is 6.00. The lowest BCUT2D eigenvalue weighted by Gasteiger charge is -2.46. The van der Waals surface area contributed by atoms with Crippen LogP contribution in [0.1, 0.15) is 46.0 Å². The van der Waals surface area contributed by atoms with Gasteiger partial charge in [0.15, 0.2) is 5.79 Å². The van der Waals surface area contributed by atoms with E-state index < -0.39 is 5.79 Å². The molecular weight excluding hydrogens is 276 g/mol. The van der Waals surface area contributed by atoms with E-state index in [9.17, 15) is 4.79 Å². The molecule has 0 bridgehead atoms. The Morgan fingerprint density at radius 1 is 1.23 bits per heavy atom. The highest BCUT2D eigenvalue weighted by atomic mass is 16.7. The van der Waals surface area contributed by atoms with E-state index in [1.165, 1.54) is 6.42 Å². The smallest absolute Gasteiger partial charge is 0.172 e. The Hall–Kier alpha value is -0.670. The Kier molecular flexibility index (Phi) is 3.69. The number of ketones is 1. The Bertz CT molecular complexity index is 475. The molecule has 4 rings (SSSR count). The maximum Gasteiger partial charge on any atom is 0.172 e. The van der Waals surface area contributed by atoms with Crippen LogP contribution < -0.4 is 0 Å². The quantitative estimate of drug-likeness (QED) is 0.695. The average molecular weight is 304 g/mol. The molecule has 1 heterocycles. The number of fused-ring (bicyclic) bond motifs is 4. The number of ether oxygens (including phenoxy) is 2. The summed E-state index contributed by atoms with van der Waals surface area (Å²) in [5, 5.41) is 0. The summed E-state index contributed by atoms with van der Waals surface area (Å²) in [4.78, 5) is 12.8. The maximum absolute atomic E-state index is 12.8. The van der Waals surface area contributed by atoms with Gasteiger partial charge in [0.1, 0.15) is 5.78 Å². The molecule has 0 radical (unpaired) electrons. The maximum atomic E-state index is 12.8. The number of hydrogen-bond acceptors (Lipinski definition) is 3. The summed E-state index contributed by atoms with van der Waals surface area (Å²) in [5.41, 5.74) is 0. The molecule has 0 aromatic rings. The van der Waals surface area contributed by atoms with Gasteiger partial charge in [-0.15, -0.1) is 0 Å². The van der Waals surface area contributed by atoms with Crippen LogP contribution in [-0.2, 0) is 14.3 Å². The highest BCUT2D eigenvalue weighted by Gasteiger charge is 2.58. The van der Waals surface area contributed by atoms with Crippen molar-refractivity contribution < 1.29 is 14.3 Å². The lowest BCUT2D eigenvalue weighted by atomic mass is 9.61. The van der Waals surface area contributed by atoms with Crippen molar-refractivity contribution >= 4 is 5.78 Å². The third-order valence-corrected chi connectivity index (χ3v) is 6.73. The first-order valence-corrected chi connectivity index (χ1v) is 9.10. The van der Waals surface area contributed by atoms with Crippen LogP contribution in [0.2, 0.25) is 0 Å². The monoisotopic (exact) mass is 304 g/mol. The second kappa shape index (κ2) is 5.45. The van der Waals surface area contributed by atoms with Gasteiger partial charge in [0.2, 0.25) is 0 Å². The van der Waals surface area contributed by atoms with Gasteiger partial charge in [-0.05, 0) is 42.9 Å². The summed E-state index contributed by atoms with van der Waals surface area (Å²) in [7, 11) is 0. The van der Waals surface area contributed by atoms with Gasteiger partial charge in [-0.25, -0.2) is 0 Å². The van der Waals surface area contributed by atoms with Crippen LogP contribution >= 0.6 is 0 Å². The van der Waals surface area contributed by atoms with Crippen LogP contribution in [0.4, 0.5) is 0 Å². The minimum Gasteiger partial charge on any atom is -0.347 e. The number of rotatable bonds is 1. The number of carbonyl (C=O) groups excluding carboxylic acids is 1. The highest BCUT2D eigenvalue weighted by Crippen LogP contribution is 2.56. The zero-order chi connectivity index (χ0) is 15.3. The van der Waals surface area contributed by atoms with Gasteiger partial charge in [-0.2, -0.15) is 0 Å². The average Bonchev–Trinajstić information content (AvgIpc) is 3.08. The lowest BCUT2D eigenvalue weighted by Crippen LogP contribution is -2.51. The van der Waals surface area contributed by atoms with Crippen molar-refractivity contribution in [3.8, 4) is 0 Å². The van der Waals surface area contributed by atoms with E-state index in [0.717, 1.165) is 19.3 Å². The topological polar surface area (TPSA) is 35.5 Å². The molecule has 4 aliphatic rings. The Labute approximate surface area is 133 Å². The molecule has 3 fully saturated rings. The molecule has 2 saturated carbocycles. The number of hydrogen-bond donors (Lipinski definition) is 0. The molecule has 22 heavy (non-hydrogen) atoms. The van der Waals surface area contributed by atoms with E-state index in [-0.39, 0.29) is 11.8 Å². The van der Waals surface area contributed by atoms with Crippen molar-refractivity contribution in [2.24, 2.45) is 35.5 Å². The van der Waals surface area contributed by atoms with Crippen LogP contribution in [0, 0.1) is 35.5 Å². The fourth-order valence-corrected chi connectivity index (χ4v) is 5.80. The molecule has 0 unspecified atom stereocenters. The molecule has 1 saturated heterocycles. The van der Waals surface area contributed by atoms with Crippen molar-refractivity contribution in [1.82, 2.24) is 0 Å². The van der Waals surface area contributed by atoms with Gasteiger partial charge in [0, 0.05) is 24.7 Å². The summed E-state index contributed by atoms with van der Waals surface area (Å²) < 4.78 is 12.2. The van der Waals surface area contributed by atoms with E-state index in [4.69, 9.17) is 9.47 Å². The van der Waals surface area contributed by atoms with Crippen molar-refractivity contribution in [3.05, 3.63) is 12.2 Å². The van der Waals surface area contributed by atoms with Gasteiger partial charge in [-0.1, -0.05) is 26.0 Å². The van der Waals surface area contributed by atoms with Crippen LogP contribution in [-0.4, -0.2) is 24.8 Å². The van der Waals surface area contributed by atoms with Gasteiger partial charge < -0.3 is 9.47 Å². The largest absolute Gasteiger partial charge is 0.347 e. The van der Waals surface area contributed by atoms with E-state index >= 15 is 0 Å². The van der Waals surface area contributed by atoms with Crippen molar-refractivity contribution in [2.45, 2.75) is 51.7 Å². The molecule has 0 amide bonds. The zero-order valence-electron chi connectivity index (χ0n) is 13.8. The Morgan fingerprint density at radius 3 is 2.73 bits per heavy atom. The standard InChI is InChI=1S/C19H28O3/c1-12(2)13-6-7-15-17(20)11-16-14(18(13)15)5-3-4-8-19(16)21-9-10-22-19/h3,5,12-16,18H,4,6-11H2,1-2H3/t13-,14+,15+,16+,18+/m1/s1. The number of allylic oxidation sites excluding steroid dienone is 2. The fourth-order valence-electron chi connectivity index (χ4n) is 5.80. The second-order valence-electron chi connectivity index (χ2n) is 8.00. The Balaban J connectivity index is 1.72. The first kappa shape index (κ1) is 14.9. The molecule has 3 aliphatic carbocycles. The summed E-state index contributed by atoms with van der Waals surface area (Å²) in [5.74, 6) is 2.78. The summed E-state index contributed by atoms with van der Waals surface area (Å²) in [6.07, 6.45) is 9.60. The third kappa shape index (κ3) is 2.12. The number of Topliss-reactive ketones (excluding diaryl/α,β-unsaturated/α-hetero) is 1. The lowest BCUT2D eigenvalue weighted by molar-refractivity contribution is -0.219. The van der Waals surface area contributed by atoms with Crippen LogP contribution in [0.15, 0.2) is 12.2 Å². The first-order chi connectivity index (χ1) is 10.6. The van der Waals surface area contributed by atoms with Crippen LogP contribution in [0.5, 0.6) is 0 Å². The van der Waals surface area contributed by atoms with E-state index in [1.54, 1.807) is 0 Å². The zero-order valence-corrected chi connectivity index (χ0v) is 13.8. The molecule has 1 spiro atoms. The van der Waals surface area contributed by atoms with Gasteiger partial charge >= 0.3 is 0 Å². The number of carbonyl (C=O) groups is 1. The normalized spacial score (nSPS) is 43.4. The van der Waals surface area contributed by atoms with Gasteiger partial charge in [0.05, 0.1) is 13.2 Å². The predicted molar refractivity (Wildman–Crippen MR) is 84.2 cm³/mol. The van der Waals surface area contributed by atoms with E-state index in [1.807, 2.05) is 0 Å². The Morgan fingerprint density at radius 2 is 2.00 bits per heavy atom. The predicted octanol–water partition coefficient (Wildman–Crippen LogP) is 3.58.